The number of methoxy groups -OCH3 is 1. The summed E-state index contributed by atoms with van der Waals surface area (Å²) in [5.74, 6) is 0.609. The van der Waals surface area contributed by atoms with Crippen LogP contribution in [0.15, 0.2) is 24.5 Å². The van der Waals surface area contributed by atoms with Crippen LogP contribution >= 0.6 is 0 Å². The van der Waals surface area contributed by atoms with Gasteiger partial charge < -0.3 is 4.74 Å². The molecule has 0 N–H and O–H groups in total. The average Bonchev–Trinajstić information content (AvgIpc) is 3.01. The number of ether oxygens (including phenoxy) is 1. The molecule has 0 saturated heterocycles. The molecule has 0 radical (unpaired) electrons. The molecular formula is C18H16FN5O. The molecule has 4 rings (SSSR count). The topological polar surface area (TPSA) is 65.2 Å². The number of pyridine rings is 1. The van der Waals surface area contributed by atoms with E-state index >= 15 is 0 Å². The standard InChI is InChI=1S/C18H16FN5O/c1-9-7-20-8-10(2)15(9)18-23-22-17-11(3)21-16-13(24(17)18)5-12(19)6-14(16)25-4/h5-8H,1-4H3. The molecule has 0 spiro atoms. The van der Waals surface area contributed by atoms with Gasteiger partial charge in [0.25, 0.3) is 0 Å². The summed E-state index contributed by atoms with van der Waals surface area (Å²) in [6, 6.07) is 2.75. The number of benzene rings is 1. The van der Waals surface area contributed by atoms with Crippen molar-refractivity contribution in [3.63, 3.8) is 0 Å². The number of nitrogens with zero attached hydrogens (tertiary/aromatic N) is 5. The number of halogens is 1. The van der Waals surface area contributed by atoms with E-state index in [0.29, 0.717) is 33.9 Å². The molecule has 4 aromatic rings. The molecule has 0 atom stereocenters. The fourth-order valence-corrected chi connectivity index (χ4v) is 3.18. The fraction of sp³-hybridized carbons (Fsp3) is 0.222. The third-order valence-corrected chi connectivity index (χ3v) is 4.30. The third-order valence-electron chi connectivity index (χ3n) is 4.30. The predicted octanol–water partition coefficient (Wildman–Crippen LogP) is 3.41. The highest BCUT2D eigenvalue weighted by molar-refractivity contribution is 5.86. The second-order valence-corrected chi connectivity index (χ2v) is 6.00. The summed E-state index contributed by atoms with van der Waals surface area (Å²) in [5, 5.41) is 8.64. The van der Waals surface area contributed by atoms with Crippen molar-refractivity contribution in [2.75, 3.05) is 7.11 Å². The molecule has 0 aliphatic heterocycles. The number of hydrogen-bond donors (Lipinski definition) is 0. The van der Waals surface area contributed by atoms with Gasteiger partial charge in [-0.15, -0.1) is 10.2 Å². The Kier molecular flexibility index (Phi) is 3.38. The summed E-state index contributed by atoms with van der Waals surface area (Å²) in [7, 11) is 1.50. The minimum absolute atomic E-state index is 0.378. The molecule has 7 heteroatoms. The lowest BCUT2D eigenvalue weighted by Crippen LogP contribution is -2.01. The van der Waals surface area contributed by atoms with Crippen molar-refractivity contribution in [3.05, 3.63) is 47.2 Å². The highest BCUT2D eigenvalue weighted by Crippen LogP contribution is 2.32. The zero-order valence-corrected chi connectivity index (χ0v) is 14.3. The van der Waals surface area contributed by atoms with Gasteiger partial charge in [0.1, 0.15) is 17.1 Å². The molecular weight excluding hydrogens is 321 g/mol. The summed E-state index contributed by atoms with van der Waals surface area (Å²) in [6.45, 7) is 5.78. The van der Waals surface area contributed by atoms with Crippen molar-refractivity contribution in [1.82, 2.24) is 24.6 Å². The Labute approximate surface area is 143 Å². The van der Waals surface area contributed by atoms with Gasteiger partial charge in [0.05, 0.1) is 18.3 Å². The summed E-state index contributed by atoms with van der Waals surface area (Å²) < 4.78 is 21.3. The molecule has 3 aromatic heterocycles. The lowest BCUT2D eigenvalue weighted by molar-refractivity contribution is 0.415. The van der Waals surface area contributed by atoms with E-state index in [2.05, 4.69) is 20.2 Å². The zero-order chi connectivity index (χ0) is 17.7. The maximum Gasteiger partial charge on any atom is 0.183 e. The zero-order valence-electron chi connectivity index (χ0n) is 14.3. The highest BCUT2D eigenvalue weighted by Gasteiger charge is 2.19. The Bertz CT molecular complexity index is 1120. The lowest BCUT2D eigenvalue weighted by Gasteiger charge is -2.12. The van der Waals surface area contributed by atoms with E-state index < -0.39 is 5.82 Å². The van der Waals surface area contributed by atoms with E-state index in [1.54, 1.807) is 12.4 Å². The van der Waals surface area contributed by atoms with Crippen LogP contribution in [0.2, 0.25) is 0 Å². The molecule has 0 unspecified atom stereocenters. The number of rotatable bonds is 2. The molecule has 0 amide bonds. The van der Waals surface area contributed by atoms with Crippen molar-refractivity contribution in [1.29, 1.82) is 0 Å². The molecule has 1 aromatic carbocycles. The van der Waals surface area contributed by atoms with Crippen molar-refractivity contribution >= 4 is 16.7 Å². The first-order valence-corrected chi connectivity index (χ1v) is 7.82. The Balaban J connectivity index is 2.22. The van der Waals surface area contributed by atoms with Gasteiger partial charge in [0, 0.05) is 30.1 Å². The van der Waals surface area contributed by atoms with Crippen molar-refractivity contribution in [3.8, 4) is 17.1 Å². The van der Waals surface area contributed by atoms with Gasteiger partial charge in [-0.05, 0) is 31.9 Å². The lowest BCUT2D eigenvalue weighted by atomic mass is 10.1. The normalized spacial score (nSPS) is 11.4. The van der Waals surface area contributed by atoms with Crippen LogP contribution < -0.4 is 4.74 Å². The van der Waals surface area contributed by atoms with Gasteiger partial charge >= 0.3 is 0 Å². The largest absolute Gasteiger partial charge is 0.494 e. The highest BCUT2D eigenvalue weighted by atomic mass is 19.1. The van der Waals surface area contributed by atoms with E-state index in [-0.39, 0.29) is 0 Å². The number of aryl methyl sites for hydroxylation is 3. The minimum atomic E-state index is -0.404. The van der Waals surface area contributed by atoms with Crippen LogP contribution in [0, 0.1) is 26.6 Å². The maximum absolute atomic E-state index is 14.1. The Morgan fingerprint density at radius 1 is 1.04 bits per heavy atom. The molecule has 3 heterocycles. The van der Waals surface area contributed by atoms with Crippen LogP contribution in [0.5, 0.6) is 5.75 Å². The van der Waals surface area contributed by atoms with Gasteiger partial charge in [-0.25, -0.2) is 9.37 Å². The molecule has 0 aliphatic carbocycles. The van der Waals surface area contributed by atoms with Gasteiger partial charge in [-0.2, -0.15) is 0 Å². The summed E-state index contributed by atoms with van der Waals surface area (Å²) >= 11 is 0. The smallest absolute Gasteiger partial charge is 0.183 e. The van der Waals surface area contributed by atoms with Gasteiger partial charge in [0.15, 0.2) is 11.5 Å². The van der Waals surface area contributed by atoms with Crippen molar-refractivity contribution in [2.45, 2.75) is 20.8 Å². The number of aromatic nitrogens is 5. The van der Waals surface area contributed by atoms with Crippen LogP contribution in [0.3, 0.4) is 0 Å². The second-order valence-electron chi connectivity index (χ2n) is 6.00. The average molecular weight is 337 g/mol. The summed E-state index contributed by atoms with van der Waals surface area (Å²) in [5.41, 5.74) is 5.29. The van der Waals surface area contributed by atoms with Crippen LogP contribution in [-0.2, 0) is 0 Å². The van der Waals surface area contributed by atoms with E-state index in [4.69, 9.17) is 4.74 Å². The molecule has 0 aliphatic rings. The van der Waals surface area contributed by atoms with Crippen LogP contribution in [0.4, 0.5) is 4.39 Å². The van der Waals surface area contributed by atoms with E-state index in [0.717, 1.165) is 16.7 Å². The molecule has 0 fully saturated rings. The predicted molar refractivity (Wildman–Crippen MR) is 92.2 cm³/mol. The van der Waals surface area contributed by atoms with E-state index in [1.165, 1.54) is 19.2 Å². The fourth-order valence-electron chi connectivity index (χ4n) is 3.18. The summed E-state index contributed by atoms with van der Waals surface area (Å²) in [6.07, 6.45) is 3.56. The number of hydrogen-bond acceptors (Lipinski definition) is 5. The van der Waals surface area contributed by atoms with Crippen LogP contribution in [0.25, 0.3) is 28.1 Å². The minimum Gasteiger partial charge on any atom is -0.494 e. The van der Waals surface area contributed by atoms with E-state index in [1.807, 2.05) is 25.2 Å². The Morgan fingerprint density at radius 2 is 1.76 bits per heavy atom. The monoisotopic (exact) mass is 337 g/mol. The first-order chi connectivity index (χ1) is 12.0. The summed E-state index contributed by atoms with van der Waals surface area (Å²) in [4.78, 5) is 8.75. The number of fused-ring (bicyclic) bond motifs is 3. The van der Waals surface area contributed by atoms with Crippen LogP contribution in [-0.4, -0.2) is 31.7 Å². The quantitative estimate of drug-likeness (QED) is 0.561. The first kappa shape index (κ1) is 15.4. The van der Waals surface area contributed by atoms with Crippen LogP contribution in [0.1, 0.15) is 16.8 Å². The molecule has 25 heavy (non-hydrogen) atoms. The molecule has 0 bridgehead atoms. The first-order valence-electron chi connectivity index (χ1n) is 7.82. The molecule has 0 saturated carbocycles. The molecule has 6 nitrogen and oxygen atoms in total. The Hall–Kier alpha value is -3.09. The SMILES string of the molecule is COc1cc(F)cc2c1nc(C)c1nnc(-c3c(C)cncc3C)n12. The van der Waals surface area contributed by atoms with E-state index in [9.17, 15) is 4.39 Å². The van der Waals surface area contributed by atoms with Crippen molar-refractivity contribution in [2.24, 2.45) is 0 Å². The van der Waals surface area contributed by atoms with Gasteiger partial charge in [0.2, 0.25) is 0 Å². The Morgan fingerprint density at radius 3 is 2.44 bits per heavy atom. The van der Waals surface area contributed by atoms with Crippen molar-refractivity contribution < 1.29 is 9.13 Å². The maximum atomic E-state index is 14.1. The molecule has 126 valence electrons. The van der Waals surface area contributed by atoms with Gasteiger partial charge in [-0.3, -0.25) is 9.38 Å². The second kappa shape index (κ2) is 5.47. The third kappa shape index (κ3) is 2.23. The van der Waals surface area contributed by atoms with Gasteiger partial charge in [-0.1, -0.05) is 0 Å².